The molecule has 2 aromatic heterocycles. The summed E-state index contributed by atoms with van der Waals surface area (Å²) in [6.45, 7) is 0. The maximum absolute atomic E-state index is 5.23. The van der Waals surface area contributed by atoms with Gasteiger partial charge in [0.05, 0.1) is 19.6 Å². The molecular formula is C16H13N3O2. The number of ether oxygens (including phenoxy) is 2. The molecule has 0 atom stereocenters. The van der Waals surface area contributed by atoms with Gasteiger partial charge in [-0.15, -0.1) is 0 Å². The minimum Gasteiger partial charge on any atom is -0.497 e. The molecule has 0 aliphatic rings. The minimum absolute atomic E-state index is 0.683. The largest absolute Gasteiger partial charge is 0.497 e. The molecule has 104 valence electrons. The first kappa shape index (κ1) is 13.0. The van der Waals surface area contributed by atoms with Gasteiger partial charge < -0.3 is 14.5 Å². The topological polar surface area (TPSA) is 60.0 Å². The van der Waals surface area contributed by atoms with Crippen LogP contribution in [0.4, 0.5) is 0 Å². The van der Waals surface area contributed by atoms with Crippen molar-refractivity contribution in [3.63, 3.8) is 0 Å². The smallest absolute Gasteiger partial charge is 0.141 e. The summed E-state index contributed by atoms with van der Waals surface area (Å²) in [5, 5.41) is 0.903. The number of aromatic amines is 1. The molecule has 0 saturated heterocycles. The molecule has 3 aromatic rings. The summed E-state index contributed by atoms with van der Waals surface area (Å²) in [7, 11) is 3.22. The third kappa shape index (κ3) is 2.65. The van der Waals surface area contributed by atoms with Crippen molar-refractivity contribution in [1.82, 2.24) is 15.0 Å². The number of H-pyrrole nitrogens is 1. The number of nitrogens with one attached hydrogen (secondary N) is 1. The highest BCUT2D eigenvalue weighted by molar-refractivity contribution is 5.80. The van der Waals surface area contributed by atoms with E-state index in [2.05, 4.69) is 26.8 Å². The molecule has 0 fully saturated rings. The number of fused-ring (bicyclic) bond motifs is 1. The van der Waals surface area contributed by atoms with E-state index in [1.165, 1.54) is 6.33 Å². The Hall–Kier alpha value is -3.00. The second-order valence-electron chi connectivity index (χ2n) is 4.31. The van der Waals surface area contributed by atoms with Crippen molar-refractivity contribution in [1.29, 1.82) is 0 Å². The van der Waals surface area contributed by atoms with Gasteiger partial charge in [0.1, 0.15) is 29.2 Å². The lowest BCUT2D eigenvalue weighted by Gasteiger charge is -2.04. The van der Waals surface area contributed by atoms with Crippen LogP contribution in [0.25, 0.3) is 11.0 Å². The lowest BCUT2D eigenvalue weighted by molar-refractivity contribution is 0.394. The highest BCUT2D eigenvalue weighted by Crippen LogP contribution is 2.22. The number of aromatic nitrogens is 3. The van der Waals surface area contributed by atoms with Crippen LogP contribution in [0.15, 0.2) is 36.8 Å². The first-order chi connectivity index (χ1) is 10.3. The summed E-state index contributed by atoms with van der Waals surface area (Å²) >= 11 is 0. The standard InChI is InChI=1S/C16H13N3O2/c1-20-12-7-11(8-13(9-12)21-2)3-4-15-14-5-6-17-16(14)19-10-18-15/h5-10H,1-2H3,(H,17,18,19). The predicted octanol–water partition coefficient (Wildman–Crippen LogP) is 2.37. The van der Waals surface area contributed by atoms with Gasteiger partial charge in [0.2, 0.25) is 0 Å². The van der Waals surface area contributed by atoms with Crippen LogP contribution in [-0.2, 0) is 0 Å². The van der Waals surface area contributed by atoms with E-state index in [1.54, 1.807) is 20.3 Å². The Labute approximate surface area is 122 Å². The molecule has 1 aromatic carbocycles. The molecule has 0 spiro atoms. The molecule has 0 aliphatic heterocycles. The average molecular weight is 279 g/mol. The number of hydrogen-bond acceptors (Lipinski definition) is 4. The van der Waals surface area contributed by atoms with Crippen LogP contribution in [0.3, 0.4) is 0 Å². The number of rotatable bonds is 2. The summed E-state index contributed by atoms with van der Waals surface area (Å²) < 4.78 is 10.5. The lowest BCUT2D eigenvalue weighted by Crippen LogP contribution is -1.89. The molecule has 5 nitrogen and oxygen atoms in total. The Kier molecular flexibility index (Phi) is 3.44. The second kappa shape index (κ2) is 5.55. The Balaban J connectivity index is 2.03. The third-order valence-corrected chi connectivity index (χ3v) is 3.03. The van der Waals surface area contributed by atoms with E-state index >= 15 is 0 Å². The Morgan fingerprint density at radius 1 is 1.00 bits per heavy atom. The zero-order valence-corrected chi connectivity index (χ0v) is 11.7. The molecule has 21 heavy (non-hydrogen) atoms. The van der Waals surface area contributed by atoms with E-state index in [0.29, 0.717) is 17.2 Å². The Morgan fingerprint density at radius 3 is 2.48 bits per heavy atom. The molecule has 0 radical (unpaired) electrons. The molecule has 1 N–H and O–H groups in total. The summed E-state index contributed by atoms with van der Waals surface area (Å²) in [5.41, 5.74) is 2.26. The van der Waals surface area contributed by atoms with Crippen LogP contribution in [-0.4, -0.2) is 29.2 Å². The molecule has 2 heterocycles. The van der Waals surface area contributed by atoms with Crippen LogP contribution in [0.1, 0.15) is 11.3 Å². The zero-order chi connectivity index (χ0) is 14.7. The summed E-state index contributed by atoms with van der Waals surface area (Å²) in [6.07, 6.45) is 3.31. The van der Waals surface area contributed by atoms with Crippen molar-refractivity contribution in [2.75, 3.05) is 14.2 Å². The Morgan fingerprint density at radius 2 is 1.76 bits per heavy atom. The first-order valence-electron chi connectivity index (χ1n) is 6.33. The van der Waals surface area contributed by atoms with Crippen LogP contribution in [0.5, 0.6) is 11.5 Å². The lowest BCUT2D eigenvalue weighted by atomic mass is 10.2. The maximum Gasteiger partial charge on any atom is 0.141 e. The van der Waals surface area contributed by atoms with Crippen molar-refractivity contribution in [3.8, 4) is 23.3 Å². The highest BCUT2D eigenvalue weighted by Gasteiger charge is 2.02. The number of methoxy groups -OCH3 is 2. The molecular weight excluding hydrogens is 266 g/mol. The van der Waals surface area contributed by atoms with Gasteiger partial charge in [-0.05, 0) is 24.1 Å². The molecule has 0 bridgehead atoms. The molecule has 0 aliphatic carbocycles. The third-order valence-electron chi connectivity index (χ3n) is 3.03. The van der Waals surface area contributed by atoms with Gasteiger partial charge in [-0.3, -0.25) is 0 Å². The number of nitrogens with zero attached hydrogens (tertiary/aromatic N) is 2. The number of benzene rings is 1. The van der Waals surface area contributed by atoms with Crippen molar-refractivity contribution >= 4 is 11.0 Å². The van der Waals surface area contributed by atoms with Crippen LogP contribution in [0.2, 0.25) is 0 Å². The van der Waals surface area contributed by atoms with E-state index in [1.807, 2.05) is 24.4 Å². The predicted molar refractivity (Wildman–Crippen MR) is 79.4 cm³/mol. The number of hydrogen-bond donors (Lipinski definition) is 1. The SMILES string of the molecule is COc1cc(C#Cc2ncnc3[nH]ccc23)cc(OC)c1. The van der Waals surface area contributed by atoms with Crippen molar-refractivity contribution in [2.24, 2.45) is 0 Å². The molecule has 0 unspecified atom stereocenters. The molecule has 3 rings (SSSR count). The van der Waals surface area contributed by atoms with E-state index in [9.17, 15) is 0 Å². The van der Waals surface area contributed by atoms with Crippen molar-refractivity contribution < 1.29 is 9.47 Å². The molecule has 5 heteroatoms. The fraction of sp³-hybridized carbons (Fsp3) is 0.125. The van der Waals surface area contributed by atoms with Crippen molar-refractivity contribution in [3.05, 3.63) is 48.0 Å². The highest BCUT2D eigenvalue weighted by atomic mass is 16.5. The quantitative estimate of drug-likeness (QED) is 0.732. The first-order valence-corrected chi connectivity index (χ1v) is 6.33. The van der Waals surface area contributed by atoms with Gasteiger partial charge in [-0.1, -0.05) is 5.92 Å². The minimum atomic E-state index is 0.683. The molecule has 0 amide bonds. The van der Waals surface area contributed by atoms with Gasteiger partial charge in [0.15, 0.2) is 0 Å². The van der Waals surface area contributed by atoms with Gasteiger partial charge in [0, 0.05) is 17.8 Å². The summed E-state index contributed by atoms with van der Waals surface area (Å²) in [5.74, 6) is 7.54. The molecule has 0 saturated carbocycles. The van der Waals surface area contributed by atoms with Crippen LogP contribution in [0, 0.1) is 11.8 Å². The van der Waals surface area contributed by atoms with E-state index in [4.69, 9.17) is 9.47 Å². The average Bonchev–Trinajstić information content (AvgIpc) is 3.01. The van der Waals surface area contributed by atoms with E-state index in [-0.39, 0.29) is 0 Å². The maximum atomic E-state index is 5.23. The van der Waals surface area contributed by atoms with Gasteiger partial charge >= 0.3 is 0 Å². The van der Waals surface area contributed by atoms with Crippen molar-refractivity contribution in [2.45, 2.75) is 0 Å². The van der Waals surface area contributed by atoms with Crippen LogP contribution >= 0.6 is 0 Å². The summed E-state index contributed by atoms with van der Waals surface area (Å²) in [4.78, 5) is 11.4. The fourth-order valence-electron chi connectivity index (χ4n) is 1.98. The monoisotopic (exact) mass is 279 g/mol. The zero-order valence-electron chi connectivity index (χ0n) is 11.7. The second-order valence-corrected chi connectivity index (χ2v) is 4.31. The normalized spacial score (nSPS) is 10.0. The van der Waals surface area contributed by atoms with Gasteiger partial charge in [-0.2, -0.15) is 0 Å². The van der Waals surface area contributed by atoms with Gasteiger partial charge in [-0.25, -0.2) is 9.97 Å². The Bertz CT molecular complexity index is 821. The van der Waals surface area contributed by atoms with E-state index in [0.717, 1.165) is 16.6 Å². The summed E-state index contributed by atoms with van der Waals surface area (Å²) in [6, 6.07) is 7.42. The fourth-order valence-corrected chi connectivity index (χ4v) is 1.98. The van der Waals surface area contributed by atoms with Gasteiger partial charge in [0.25, 0.3) is 0 Å². The van der Waals surface area contributed by atoms with Crippen LogP contribution < -0.4 is 9.47 Å². The van der Waals surface area contributed by atoms with E-state index < -0.39 is 0 Å².